The first-order chi connectivity index (χ1) is 24.7. The van der Waals surface area contributed by atoms with E-state index in [2.05, 4.69) is 55.4 Å². The molecule has 0 bridgehead atoms. The molecule has 10 heteroatoms. The number of carboxylic acids is 4. The fourth-order valence-corrected chi connectivity index (χ4v) is 19.3. The molecular weight excluding hydrogens is 694 g/mol. The maximum atomic E-state index is 10.8. The van der Waals surface area contributed by atoms with Crippen LogP contribution in [0.25, 0.3) is 0 Å². The summed E-state index contributed by atoms with van der Waals surface area (Å²) in [5.41, 5.74) is -1.46. The number of rotatable bonds is 28. The number of aliphatic carboxylic acids is 4. The van der Waals surface area contributed by atoms with Gasteiger partial charge in [-0.1, -0.05) is 12.2 Å². The van der Waals surface area contributed by atoms with Crippen molar-refractivity contribution in [3.05, 3.63) is 23.3 Å². The molecule has 1 rings (SSSR count). The molecule has 0 aromatic carbocycles. The van der Waals surface area contributed by atoms with Crippen LogP contribution in [-0.2, 0) is 19.2 Å². The van der Waals surface area contributed by atoms with Crippen LogP contribution in [0.3, 0.4) is 0 Å². The Morgan fingerprint density at radius 1 is 0.404 bits per heavy atom. The van der Waals surface area contributed by atoms with Crippen molar-refractivity contribution in [3.8, 4) is 0 Å². The first-order valence-electron chi connectivity index (χ1n) is 21.1. The van der Waals surface area contributed by atoms with Crippen molar-refractivity contribution >= 4 is 38.4 Å². The number of hydrogen-bond acceptors (Lipinski definition) is 4. The van der Waals surface area contributed by atoms with E-state index in [1.807, 2.05) is 0 Å². The van der Waals surface area contributed by atoms with E-state index < -0.39 is 61.4 Å². The summed E-state index contributed by atoms with van der Waals surface area (Å²) in [7, 11) is -1.76. The maximum absolute atomic E-state index is 10.8. The Labute approximate surface area is 319 Å². The van der Waals surface area contributed by atoms with Crippen molar-refractivity contribution in [2.45, 2.75) is 158 Å². The summed E-state index contributed by atoms with van der Waals surface area (Å²) in [5.74, 6) is -9.56. The number of carboxylic acid groups (broad SMARTS) is 4. The molecule has 0 amide bonds. The molecule has 1 aliphatic rings. The molecule has 2 unspecified atom stereocenters. The zero-order valence-corrected chi connectivity index (χ0v) is 36.7. The fourth-order valence-electron chi connectivity index (χ4n) is 7.48. The van der Waals surface area contributed by atoms with Crippen LogP contribution < -0.4 is 0 Å². The molecular formula is C42H82O8P2. The van der Waals surface area contributed by atoms with Gasteiger partial charge in [0.05, 0.1) is 23.0 Å². The van der Waals surface area contributed by atoms with Gasteiger partial charge >= 0.3 is 246 Å². The summed E-state index contributed by atoms with van der Waals surface area (Å²) >= 11 is 0. The zero-order chi connectivity index (χ0) is 40.0. The second-order valence-corrected chi connectivity index (χ2v) is 25.3. The van der Waals surface area contributed by atoms with Gasteiger partial charge in [0.25, 0.3) is 0 Å². The first kappa shape index (κ1) is 52.3. The molecule has 0 fully saturated rings. The van der Waals surface area contributed by atoms with Crippen LogP contribution in [0.15, 0.2) is 23.3 Å². The number of hydrogen-bond donors (Lipinski definition) is 4. The van der Waals surface area contributed by atoms with Crippen molar-refractivity contribution in [3.63, 3.8) is 0 Å². The predicted octanol–water partition coefficient (Wildman–Crippen LogP) is 11.3. The monoisotopic (exact) mass is 777 g/mol. The van der Waals surface area contributed by atoms with E-state index in [9.17, 15) is 19.2 Å². The second kappa shape index (κ2) is 31.6. The molecule has 0 radical (unpaired) electrons. The molecule has 0 saturated heterocycles. The summed E-state index contributed by atoms with van der Waals surface area (Å²) in [6, 6.07) is 0. The van der Waals surface area contributed by atoms with E-state index in [4.69, 9.17) is 20.4 Å². The Kier molecular flexibility index (Phi) is 31.8. The van der Waals surface area contributed by atoms with E-state index in [-0.39, 0.29) is 0 Å². The Bertz CT molecular complexity index is 898. The number of carbonyl (C=O) groups is 4. The van der Waals surface area contributed by atoms with Crippen molar-refractivity contribution < 1.29 is 39.6 Å². The van der Waals surface area contributed by atoms with E-state index in [0.717, 1.165) is 0 Å². The van der Waals surface area contributed by atoms with Crippen LogP contribution in [0.5, 0.6) is 0 Å². The van der Waals surface area contributed by atoms with Gasteiger partial charge in [0, 0.05) is 0 Å². The Morgan fingerprint density at radius 3 is 0.692 bits per heavy atom. The Balaban J connectivity index is 0. The zero-order valence-electron chi connectivity index (χ0n) is 34.7. The molecule has 52 heavy (non-hydrogen) atoms. The van der Waals surface area contributed by atoms with Crippen LogP contribution in [0.4, 0.5) is 0 Å². The molecule has 0 saturated carbocycles. The van der Waals surface area contributed by atoms with Crippen LogP contribution in [0.1, 0.15) is 158 Å². The third-order valence-corrected chi connectivity index (χ3v) is 22.2. The second-order valence-electron chi connectivity index (χ2n) is 15.3. The summed E-state index contributed by atoms with van der Waals surface area (Å²) in [4.78, 5) is 43.3. The topological polar surface area (TPSA) is 149 Å². The third kappa shape index (κ3) is 21.8. The molecule has 8 nitrogen and oxygen atoms in total. The van der Waals surface area contributed by atoms with Crippen LogP contribution in [0, 0.1) is 11.8 Å². The van der Waals surface area contributed by atoms with E-state index in [0.29, 0.717) is 12.2 Å². The van der Waals surface area contributed by atoms with Crippen LogP contribution in [-0.4, -0.2) is 93.6 Å². The van der Waals surface area contributed by atoms with E-state index in [1.54, 1.807) is 49.3 Å². The van der Waals surface area contributed by atoms with Gasteiger partial charge in [-0.2, -0.15) is 0 Å². The van der Waals surface area contributed by atoms with Gasteiger partial charge in [0.15, 0.2) is 0 Å². The first-order valence-corrected chi connectivity index (χ1v) is 26.8. The Hall–Kier alpha value is -1.78. The molecule has 0 aromatic rings. The minimum absolute atomic E-state index is 0.632. The van der Waals surface area contributed by atoms with Gasteiger partial charge in [-0.3, -0.25) is 9.59 Å². The van der Waals surface area contributed by atoms with Crippen molar-refractivity contribution in [2.24, 2.45) is 11.8 Å². The summed E-state index contributed by atoms with van der Waals surface area (Å²) < 4.78 is 0. The maximum Gasteiger partial charge on any atom is 0.336 e. The van der Waals surface area contributed by atoms with Crippen molar-refractivity contribution in [1.82, 2.24) is 0 Å². The van der Waals surface area contributed by atoms with Gasteiger partial charge in [0.1, 0.15) is 0 Å². The van der Waals surface area contributed by atoms with Gasteiger partial charge in [-0.05, 0) is 0 Å². The van der Waals surface area contributed by atoms with Crippen LogP contribution in [0.2, 0.25) is 0 Å². The van der Waals surface area contributed by atoms with Gasteiger partial charge in [0.2, 0.25) is 0 Å². The average molecular weight is 777 g/mol. The quantitative estimate of drug-likeness (QED) is 0.0574. The van der Waals surface area contributed by atoms with E-state index >= 15 is 0 Å². The summed E-state index contributed by atoms with van der Waals surface area (Å²) in [6.07, 6.45) is 37.5. The van der Waals surface area contributed by atoms with E-state index in [1.165, 1.54) is 103 Å². The fraction of sp³-hybridized carbons (Fsp3) is 0.810. The Morgan fingerprint density at radius 2 is 0.577 bits per heavy atom. The van der Waals surface area contributed by atoms with Crippen LogP contribution >= 0.6 is 14.5 Å². The van der Waals surface area contributed by atoms with Gasteiger partial charge < -0.3 is 20.4 Å². The largest absolute Gasteiger partial charge is 0.481 e. The molecule has 308 valence electrons. The molecule has 2 atom stereocenters. The summed E-state index contributed by atoms with van der Waals surface area (Å²) in [5, 5.41) is 35.1. The SMILES string of the molecule is CCCC[PH](CCCC)(CCCC)CCCC.CCCC[PH](CCCC)(CCCC)CCCC.O=C(O)C1=CC(C(=O)O)C(C(=O)O)C=C1C(=O)O. The molecule has 4 N–H and O–H groups in total. The van der Waals surface area contributed by atoms with Crippen molar-refractivity contribution in [1.29, 1.82) is 0 Å². The molecule has 0 spiro atoms. The standard InChI is InChI=1S/2C16H37P.C10H8O8/c2*1-5-9-13-17(14-10-6-2,15-11-7-3)16-12-8-4;11-7(12)3-1-4(8(13)14)6(10(17)18)2-5(3)9(15)16/h2*17H,5-16H2,1-4H3;1-3,5H,(H,11,12)(H,13,14)(H,15,16)(H,17,18). The normalized spacial score (nSPS) is 16.3. The third-order valence-electron chi connectivity index (χ3n) is 10.9. The number of unbranched alkanes of at least 4 members (excludes halogenated alkanes) is 8. The minimum Gasteiger partial charge on any atom is -0.481 e. The smallest absolute Gasteiger partial charge is 0.336 e. The predicted molar refractivity (Wildman–Crippen MR) is 229 cm³/mol. The van der Waals surface area contributed by atoms with Gasteiger partial charge in [-0.25, -0.2) is 9.59 Å². The minimum atomic E-state index is -1.63. The molecule has 1 aliphatic carbocycles. The molecule has 0 aromatic heterocycles. The average Bonchev–Trinajstić information content (AvgIpc) is 3.13. The summed E-state index contributed by atoms with van der Waals surface area (Å²) in [6.45, 7) is 18.9. The molecule has 0 heterocycles. The van der Waals surface area contributed by atoms with Crippen molar-refractivity contribution in [2.75, 3.05) is 49.3 Å². The molecule has 0 aliphatic heterocycles. The van der Waals surface area contributed by atoms with Gasteiger partial charge in [-0.15, -0.1) is 0 Å².